The van der Waals surface area contributed by atoms with Gasteiger partial charge in [-0.15, -0.1) is 0 Å². The van der Waals surface area contributed by atoms with Crippen LogP contribution in [0.4, 0.5) is 0 Å². The van der Waals surface area contributed by atoms with Gasteiger partial charge in [0.2, 0.25) is 5.91 Å². The first-order valence-electron chi connectivity index (χ1n) is 7.75. The van der Waals surface area contributed by atoms with Crippen molar-refractivity contribution in [2.75, 3.05) is 19.8 Å². The van der Waals surface area contributed by atoms with Gasteiger partial charge in [-0.3, -0.25) is 10.1 Å². The highest BCUT2D eigenvalue weighted by Crippen LogP contribution is 2.44. The Hall–Kier alpha value is -0.610. The van der Waals surface area contributed by atoms with E-state index in [1.807, 2.05) is 0 Å². The number of amides is 1. The summed E-state index contributed by atoms with van der Waals surface area (Å²) in [5.41, 5.74) is 0.0728. The summed E-state index contributed by atoms with van der Waals surface area (Å²) in [6.07, 6.45) is 6.66. The Labute approximate surface area is 115 Å². The van der Waals surface area contributed by atoms with Crippen molar-refractivity contribution in [1.82, 2.24) is 10.2 Å². The first-order valence-corrected chi connectivity index (χ1v) is 7.75. The zero-order chi connectivity index (χ0) is 13.5. The van der Waals surface area contributed by atoms with E-state index >= 15 is 0 Å². The fourth-order valence-electron chi connectivity index (χ4n) is 3.48. The van der Waals surface area contributed by atoms with E-state index in [-0.39, 0.29) is 17.1 Å². The van der Waals surface area contributed by atoms with Gasteiger partial charge in [0.1, 0.15) is 0 Å². The molecule has 19 heavy (non-hydrogen) atoms. The van der Waals surface area contributed by atoms with Gasteiger partial charge in [0.25, 0.3) is 0 Å². The van der Waals surface area contributed by atoms with Crippen molar-refractivity contribution < 1.29 is 9.53 Å². The van der Waals surface area contributed by atoms with Crippen LogP contribution in [-0.4, -0.2) is 42.3 Å². The summed E-state index contributed by atoms with van der Waals surface area (Å²) in [4.78, 5) is 14.8. The predicted molar refractivity (Wildman–Crippen MR) is 73.7 cm³/mol. The Balaban J connectivity index is 1.71. The average Bonchev–Trinajstić information content (AvgIpc) is 3.12. The highest BCUT2D eigenvalue weighted by Gasteiger charge is 2.59. The molecule has 1 unspecified atom stereocenters. The fourth-order valence-corrected chi connectivity index (χ4v) is 3.48. The average molecular weight is 266 g/mol. The van der Waals surface area contributed by atoms with Crippen molar-refractivity contribution in [3.63, 3.8) is 0 Å². The van der Waals surface area contributed by atoms with Gasteiger partial charge >= 0.3 is 0 Å². The molecule has 1 amide bonds. The Morgan fingerprint density at radius 2 is 2.00 bits per heavy atom. The Kier molecular flexibility index (Phi) is 3.34. The lowest BCUT2D eigenvalue weighted by Crippen LogP contribution is -2.45. The molecule has 1 saturated carbocycles. The van der Waals surface area contributed by atoms with Crippen LogP contribution >= 0.6 is 0 Å². The second-order valence-electron chi connectivity index (χ2n) is 6.89. The number of nitrogens with zero attached hydrogens (tertiary/aromatic N) is 1. The van der Waals surface area contributed by atoms with E-state index in [4.69, 9.17) is 4.74 Å². The van der Waals surface area contributed by atoms with E-state index in [1.54, 1.807) is 0 Å². The maximum absolute atomic E-state index is 12.6. The maximum Gasteiger partial charge on any atom is 0.244 e. The van der Waals surface area contributed by atoms with Crippen LogP contribution in [-0.2, 0) is 9.53 Å². The lowest BCUT2D eigenvalue weighted by atomic mass is 9.81. The fraction of sp³-hybridized carbons (Fsp3) is 0.933. The van der Waals surface area contributed by atoms with Crippen molar-refractivity contribution in [3.05, 3.63) is 0 Å². The second-order valence-corrected chi connectivity index (χ2v) is 6.89. The van der Waals surface area contributed by atoms with Crippen molar-refractivity contribution in [2.45, 2.75) is 64.1 Å². The van der Waals surface area contributed by atoms with Crippen molar-refractivity contribution in [2.24, 2.45) is 5.41 Å². The minimum absolute atomic E-state index is 0.165. The van der Waals surface area contributed by atoms with E-state index in [1.165, 1.54) is 0 Å². The molecule has 0 radical (unpaired) electrons. The Bertz CT molecular complexity index is 359. The molecule has 3 rings (SSSR count). The molecule has 3 fully saturated rings. The van der Waals surface area contributed by atoms with Gasteiger partial charge in [0, 0.05) is 19.8 Å². The second kappa shape index (κ2) is 4.74. The third kappa shape index (κ3) is 2.40. The lowest BCUT2D eigenvalue weighted by molar-refractivity contribution is -0.133. The van der Waals surface area contributed by atoms with E-state index < -0.39 is 0 Å². The molecule has 3 aliphatic rings. The molecule has 4 nitrogen and oxygen atoms in total. The molecule has 0 aromatic heterocycles. The summed E-state index contributed by atoms with van der Waals surface area (Å²) in [6, 6.07) is 0. The Morgan fingerprint density at radius 1 is 1.32 bits per heavy atom. The number of ether oxygens (including phenoxy) is 1. The quantitative estimate of drug-likeness (QED) is 0.845. The van der Waals surface area contributed by atoms with Crippen molar-refractivity contribution >= 4 is 5.91 Å². The molecule has 1 spiro atoms. The number of hydrogen-bond donors (Lipinski definition) is 1. The van der Waals surface area contributed by atoms with E-state index in [0.717, 1.165) is 58.3 Å². The van der Waals surface area contributed by atoms with Gasteiger partial charge in [0.05, 0.1) is 11.7 Å². The van der Waals surface area contributed by atoms with Crippen LogP contribution in [0.25, 0.3) is 0 Å². The maximum atomic E-state index is 12.6. The lowest BCUT2D eigenvalue weighted by Gasteiger charge is -2.38. The normalized spacial score (nSPS) is 32.0. The highest BCUT2D eigenvalue weighted by molar-refractivity contribution is 5.91. The summed E-state index contributed by atoms with van der Waals surface area (Å²) < 4.78 is 5.46. The molecular formula is C15H26N2O2. The van der Waals surface area contributed by atoms with Crippen molar-refractivity contribution in [3.8, 4) is 0 Å². The van der Waals surface area contributed by atoms with Crippen molar-refractivity contribution in [1.29, 1.82) is 0 Å². The summed E-state index contributed by atoms with van der Waals surface area (Å²) >= 11 is 0. The first kappa shape index (κ1) is 13.4. The predicted octanol–water partition coefficient (Wildman–Crippen LogP) is 1.89. The number of carbonyl (C=O) groups is 1. The molecule has 108 valence electrons. The number of nitrogens with one attached hydrogen (secondary N) is 1. The van der Waals surface area contributed by atoms with Crippen LogP contribution < -0.4 is 5.32 Å². The molecule has 1 atom stereocenters. The van der Waals surface area contributed by atoms with Crippen LogP contribution in [0.15, 0.2) is 0 Å². The molecule has 1 aliphatic carbocycles. The molecule has 0 bridgehead atoms. The molecule has 2 aliphatic heterocycles. The van der Waals surface area contributed by atoms with Crippen LogP contribution in [0.5, 0.6) is 0 Å². The number of hydrogen-bond acceptors (Lipinski definition) is 3. The minimum Gasteiger partial charge on any atom is -0.381 e. The minimum atomic E-state index is -0.165. The van der Waals surface area contributed by atoms with E-state index in [9.17, 15) is 4.79 Å². The molecule has 1 N–H and O–H groups in total. The summed E-state index contributed by atoms with van der Waals surface area (Å²) in [5, 5.41) is 3.59. The highest BCUT2D eigenvalue weighted by atomic mass is 16.5. The van der Waals surface area contributed by atoms with Gasteiger partial charge in [-0.2, -0.15) is 0 Å². The monoisotopic (exact) mass is 266 g/mol. The van der Waals surface area contributed by atoms with Crippen LogP contribution in [0.2, 0.25) is 0 Å². The molecule has 4 heteroatoms. The third-order valence-electron chi connectivity index (χ3n) is 5.05. The van der Waals surface area contributed by atoms with Crippen LogP contribution in [0.1, 0.15) is 52.4 Å². The molecular weight excluding hydrogens is 240 g/mol. The zero-order valence-electron chi connectivity index (χ0n) is 12.2. The van der Waals surface area contributed by atoms with Crippen LogP contribution in [0, 0.1) is 5.41 Å². The van der Waals surface area contributed by atoms with Crippen LogP contribution in [0.3, 0.4) is 0 Å². The number of carbonyl (C=O) groups excluding carboxylic acids is 1. The molecule has 0 aromatic rings. The molecule has 2 heterocycles. The van der Waals surface area contributed by atoms with E-state index in [0.29, 0.717) is 5.91 Å². The standard InChI is InChI=1S/C15H26N2O2/c1-3-4-12-16-15(5-6-15)13(18)17(12)11-14(2)7-9-19-10-8-14/h12,16H,3-11H2,1-2H3. The topological polar surface area (TPSA) is 41.6 Å². The number of rotatable bonds is 4. The Morgan fingerprint density at radius 3 is 2.58 bits per heavy atom. The third-order valence-corrected chi connectivity index (χ3v) is 5.05. The smallest absolute Gasteiger partial charge is 0.244 e. The van der Waals surface area contributed by atoms with Gasteiger partial charge < -0.3 is 9.64 Å². The van der Waals surface area contributed by atoms with E-state index in [2.05, 4.69) is 24.1 Å². The first-order chi connectivity index (χ1) is 9.09. The summed E-state index contributed by atoms with van der Waals surface area (Å²) in [5.74, 6) is 0.360. The van der Waals surface area contributed by atoms with Gasteiger partial charge in [-0.05, 0) is 37.5 Å². The molecule has 2 saturated heterocycles. The van der Waals surface area contributed by atoms with Gasteiger partial charge in [0.15, 0.2) is 0 Å². The zero-order valence-corrected chi connectivity index (χ0v) is 12.2. The summed E-state index contributed by atoms with van der Waals surface area (Å²) in [7, 11) is 0. The van der Waals surface area contributed by atoms with Gasteiger partial charge in [-0.25, -0.2) is 0 Å². The molecule has 0 aromatic carbocycles. The largest absolute Gasteiger partial charge is 0.381 e. The summed E-state index contributed by atoms with van der Waals surface area (Å²) in [6.45, 7) is 7.09. The van der Waals surface area contributed by atoms with Gasteiger partial charge in [-0.1, -0.05) is 20.3 Å². The SMILES string of the molecule is CCCC1NC2(CC2)C(=O)N1CC1(C)CCOCC1.